The molecule has 2 rings (SSSR count). The van der Waals surface area contributed by atoms with Crippen molar-refractivity contribution in [3.8, 4) is 5.75 Å². The second-order valence-electron chi connectivity index (χ2n) is 5.88. The lowest BCUT2D eigenvalue weighted by molar-refractivity contribution is -0.117. The quantitative estimate of drug-likeness (QED) is 0.902. The lowest BCUT2D eigenvalue weighted by atomic mass is 10.2. The van der Waals surface area contributed by atoms with Crippen LogP contribution in [-0.4, -0.2) is 24.1 Å². The Morgan fingerprint density at radius 3 is 2.45 bits per heavy atom. The molecule has 1 aliphatic rings. The summed E-state index contributed by atoms with van der Waals surface area (Å²) < 4.78 is 5.74. The predicted octanol–water partition coefficient (Wildman–Crippen LogP) is 2.98. The first-order valence-corrected chi connectivity index (χ1v) is 6.77. The Labute approximate surface area is 126 Å². The van der Waals surface area contributed by atoms with Crippen LogP contribution in [-0.2, 0) is 4.79 Å². The number of hydrogen-bond acceptors (Lipinski definition) is 3. The molecule has 0 radical (unpaired) electrons. The average Bonchev–Trinajstić information content (AvgIpc) is 2.83. The molecule has 0 spiro atoms. The summed E-state index contributed by atoms with van der Waals surface area (Å²) in [6.07, 6.45) is 1.98. The molecule has 4 nitrogen and oxygen atoms in total. The Bertz CT molecular complexity index is 434. The fourth-order valence-electron chi connectivity index (χ4n) is 2.10. The van der Waals surface area contributed by atoms with Crippen molar-refractivity contribution >= 4 is 24.0 Å². The molecule has 1 fully saturated rings. The number of carbonyl (C=O) groups excluding carboxylic acids is 1. The minimum Gasteiger partial charge on any atom is -0.488 e. The molecule has 2 N–H and O–H groups in total. The van der Waals surface area contributed by atoms with Gasteiger partial charge in [-0.15, -0.1) is 12.4 Å². The van der Waals surface area contributed by atoms with Crippen LogP contribution in [0.4, 0.5) is 5.69 Å². The molecule has 1 aliphatic heterocycles. The molecule has 0 saturated carbocycles. The minimum absolute atomic E-state index is 0. The first-order chi connectivity index (χ1) is 8.94. The van der Waals surface area contributed by atoms with Gasteiger partial charge in [0, 0.05) is 5.69 Å². The summed E-state index contributed by atoms with van der Waals surface area (Å²) in [5.74, 6) is 0.853. The standard InChI is InChI=1S/C15H22N2O2.ClH/c1-15(2,3)19-12-8-6-11(7-9-12)17-14(18)13-5-4-10-16-13;/h6-9,13,16H,4-5,10H2,1-3H3,(H,17,18);1H. The molecule has 1 heterocycles. The van der Waals surface area contributed by atoms with Crippen LogP contribution in [0.5, 0.6) is 5.75 Å². The van der Waals surface area contributed by atoms with Crippen LogP contribution < -0.4 is 15.4 Å². The van der Waals surface area contributed by atoms with Gasteiger partial charge in [0.25, 0.3) is 0 Å². The van der Waals surface area contributed by atoms with Gasteiger partial charge < -0.3 is 15.4 Å². The van der Waals surface area contributed by atoms with Crippen LogP contribution in [0.25, 0.3) is 0 Å². The highest BCUT2D eigenvalue weighted by molar-refractivity contribution is 5.95. The van der Waals surface area contributed by atoms with Crippen molar-refractivity contribution in [3.05, 3.63) is 24.3 Å². The Balaban J connectivity index is 0.00000200. The second kappa shape index (κ2) is 6.95. The highest BCUT2D eigenvalue weighted by Crippen LogP contribution is 2.20. The molecule has 0 aromatic heterocycles. The maximum atomic E-state index is 11.9. The highest BCUT2D eigenvalue weighted by atomic mass is 35.5. The molecule has 1 atom stereocenters. The first-order valence-electron chi connectivity index (χ1n) is 6.77. The van der Waals surface area contributed by atoms with Crippen molar-refractivity contribution in [3.63, 3.8) is 0 Å². The van der Waals surface area contributed by atoms with E-state index in [0.29, 0.717) is 0 Å². The fraction of sp³-hybridized carbons (Fsp3) is 0.533. The molecule has 1 amide bonds. The van der Waals surface area contributed by atoms with Gasteiger partial charge in [-0.1, -0.05) is 0 Å². The molecule has 1 aromatic rings. The molecular weight excluding hydrogens is 276 g/mol. The normalized spacial score (nSPS) is 18.2. The molecular formula is C15H23ClN2O2. The van der Waals surface area contributed by atoms with Gasteiger partial charge in [-0.2, -0.15) is 0 Å². The summed E-state index contributed by atoms with van der Waals surface area (Å²) in [6.45, 7) is 6.95. The summed E-state index contributed by atoms with van der Waals surface area (Å²) in [6, 6.07) is 7.44. The predicted molar refractivity (Wildman–Crippen MR) is 83.7 cm³/mol. The Kier molecular flexibility index (Phi) is 5.84. The third kappa shape index (κ3) is 5.02. The number of carbonyl (C=O) groups is 1. The SMILES string of the molecule is CC(C)(C)Oc1ccc(NC(=O)C2CCCN2)cc1.Cl. The van der Waals surface area contributed by atoms with Crippen LogP contribution in [0.3, 0.4) is 0 Å². The number of anilines is 1. The molecule has 5 heteroatoms. The third-order valence-electron chi connectivity index (χ3n) is 2.92. The zero-order valence-electron chi connectivity index (χ0n) is 12.2. The van der Waals surface area contributed by atoms with Crippen LogP contribution in [0, 0.1) is 0 Å². The van der Waals surface area contributed by atoms with Gasteiger partial charge in [0.1, 0.15) is 11.4 Å². The molecule has 20 heavy (non-hydrogen) atoms. The van der Waals surface area contributed by atoms with E-state index in [0.717, 1.165) is 30.8 Å². The maximum Gasteiger partial charge on any atom is 0.241 e. The van der Waals surface area contributed by atoms with E-state index in [-0.39, 0.29) is 30.0 Å². The monoisotopic (exact) mass is 298 g/mol. The molecule has 0 aliphatic carbocycles. The van der Waals surface area contributed by atoms with Gasteiger partial charge >= 0.3 is 0 Å². The number of hydrogen-bond donors (Lipinski definition) is 2. The van der Waals surface area contributed by atoms with Crippen molar-refractivity contribution in [1.82, 2.24) is 5.32 Å². The molecule has 1 unspecified atom stereocenters. The number of nitrogens with one attached hydrogen (secondary N) is 2. The molecule has 0 bridgehead atoms. The maximum absolute atomic E-state index is 11.9. The third-order valence-corrected chi connectivity index (χ3v) is 2.92. The zero-order chi connectivity index (χ0) is 13.9. The van der Waals surface area contributed by atoms with Gasteiger partial charge in [-0.25, -0.2) is 0 Å². The first kappa shape index (κ1) is 16.8. The van der Waals surface area contributed by atoms with Crippen molar-refractivity contribution in [2.75, 3.05) is 11.9 Å². The van der Waals surface area contributed by atoms with Gasteiger partial charge in [0.05, 0.1) is 6.04 Å². The van der Waals surface area contributed by atoms with Crippen molar-refractivity contribution in [2.45, 2.75) is 45.3 Å². The highest BCUT2D eigenvalue weighted by Gasteiger charge is 2.21. The Morgan fingerprint density at radius 2 is 1.95 bits per heavy atom. The smallest absolute Gasteiger partial charge is 0.241 e. The zero-order valence-corrected chi connectivity index (χ0v) is 13.0. The number of rotatable bonds is 3. The molecule has 1 aromatic carbocycles. The van der Waals surface area contributed by atoms with E-state index in [1.807, 2.05) is 45.0 Å². The van der Waals surface area contributed by atoms with Crippen LogP contribution in [0.1, 0.15) is 33.6 Å². The number of amides is 1. The van der Waals surface area contributed by atoms with E-state index >= 15 is 0 Å². The van der Waals surface area contributed by atoms with Crippen LogP contribution in [0.2, 0.25) is 0 Å². The summed E-state index contributed by atoms with van der Waals surface area (Å²) in [5, 5.41) is 6.10. The van der Waals surface area contributed by atoms with E-state index in [4.69, 9.17) is 4.74 Å². The van der Waals surface area contributed by atoms with Gasteiger partial charge in [0.2, 0.25) is 5.91 Å². The Hall–Kier alpha value is -1.26. The van der Waals surface area contributed by atoms with Gasteiger partial charge in [-0.05, 0) is 64.4 Å². The van der Waals surface area contributed by atoms with E-state index < -0.39 is 0 Å². The number of halogens is 1. The lowest BCUT2D eigenvalue weighted by Gasteiger charge is -2.21. The summed E-state index contributed by atoms with van der Waals surface area (Å²) in [4.78, 5) is 11.9. The van der Waals surface area contributed by atoms with E-state index in [2.05, 4.69) is 10.6 Å². The lowest BCUT2D eigenvalue weighted by Crippen LogP contribution is -2.35. The fourth-order valence-corrected chi connectivity index (χ4v) is 2.10. The average molecular weight is 299 g/mol. The largest absolute Gasteiger partial charge is 0.488 e. The molecule has 1 saturated heterocycles. The minimum atomic E-state index is -0.210. The van der Waals surface area contributed by atoms with Crippen molar-refractivity contribution in [2.24, 2.45) is 0 Å². The van der Waals surface area contributed by atoms with Gasteiger partial charge in [0.15, 0.2) is 0 Å². The van der Waals surface area contributed by atoms with Crippen LogP contribution >= 0.6 is 12.4 Å². The van der Waals surface area contributed by atoms with E-state index in [9.17, 15) is 4.79 Å². The summed E-state index contributed by atoms with van der Waals surface area (Å²) >= 11 is 0. The van der Waals surface area contributed by atoms with Crippen molar-refractivity contribution < 1.29 is 9.53 Å². The summed E-state index contributed by atoms with van der Waals surface area (Å²) in [7, 11) is 0. The van der Waals surface area contributed by atoms with Crippen LogP contribution in [0.15, 0.2) is 24.3 Å². The Morgan fingerprint density at radius 1 is 1.30 bits per heavy atom. The topological polar surface area (TPSA) is 50.4 Å². The van der Waals surface area contributed by atoms with E-state index in [1.54, 1.807) is 0 Å². The number of benzene rings is 1. The summed E-state index contributed by atoms with van der Waals surface area (Å²) in [5.41, 5.74) is 0.596. The second-order valence-corrected chi connectivity index (χ2v) is 5.88. The van der Waals surface area contributed by atoms with E-state index in [1.165, 1.54) is 0 Å². The molecule has 112 valence electrons. The van der Waals surface area contributed by atoms with Crippen molar-refractivity contribution in [1.29, 1.82) is 0 Å². The van der Waals surface area contributed by atoms with Gasteiger partial charge in [-0.3, -0.25) is 4.79 Å². The number of ether oxygens (including phenoxy) is 1.